The van der Waals surface area contributed by atoms with Crippen molar-refractivity contribution in [2.24, 2.45) is 5.92 Å². The third-order valence-corrected chi connectivity index (χ3v) is 6.64. The second-order valence-electron chi connectivity index (χ2n) is 7.56. The van der Waals surface area contributed by atoms with Crippen LogP contribution in [-0.2, 0) is 11.2 Å². The van der Waals surface area contributed by atoms with Crippen LogP contribution in [0, 0.1) is 5.92 Å². The summed E-state index contributed by atoms with van der Waals surface area (Å²) < 4.78 is 0. The predicted octanol–water partition coefficient (Wildman–Crippen LogP) is 3.82. The molecule has 144 valence electrons. The van der Waals surface area contributed by atoms with Crippen molar-refractivity contribution in [3.05, 3.63) is 34.0 Å². The molecule has 1 fully saturated rings. The number of carbonyl (C=O) groups is 2. The first-order chi connectivity index (χ1) is 13.2. The summed E-state index contributed by atoms with van der Waals surface area (Å²) in [4.78, 5) is 26.4. The molecule has 1 atom stereocenters. The van der Waals surface area contributed by atoms with Gasteiger partial charge >= 0.3 is 0 Å². The second-order valence-corrected chi connectivity index (χ2v) is 8.61. The van der Waals surface area contributed by atoms with Gasteiger partial charge in [0.25, 0.3) is 5.91 Å². The lowest BCUT2D eigenvalue weighted by atomic mass is 9.85. The van der Waals surface area contributed by atoms with Crippen LogP contribution < -0.4 is 10.6 Å². The minimum atomic E-state index is -0.0449. The SMILES string of the molecule is CCCC(=O)Nc1sc2c(c1C(=O)NCC1CC1)CCCC2c1ccn[nH]1. The van der Waals surface area contributed by atoms with E-state index in [1.165, 1.54) is 17.7 Å². The van der Waals surface area contributed by atoms with Crippen molar-refractivity contribution in [2.75, 3.05) is 11.9 Å². The van der Waals surface area contributed by atoms with E-state index in [1.54, 1.807) is 17.5 Å². The highest BCUT2D eigenvalue weighted by atomic mass is 32.1. The van der Waals surface area contributed by atoms with Gasteiger partial charge in [-0.15, -0.1) is 11.3 Å². The number of amides is 2. The average Bonchev–Trinajstić information content (AvgIpc) is 3.17. The monoisotopic (exact) mass is 386 g/mol. The van der Waals surface area contributed by atoms with Crippen molar-refractivity contribution in [2.45, 2.75) is 57.8 Å². The van der Waals surface area contributed by atoms with Crippen molar-refractivity contribution in [1.82, 2.24) is 15.5 Å². The number of hydrogen-bond donors (Lipinski definition) is 3. The van der Waals surface area contributed by atoms with E-state index >= 15 is 0 Å². The van der Waals surface area contributed by atoms with E-state index in [2.05, 4.69) is 20.8 Å². The molecule has 2 heterocycles. The van der Waals surface area contributed by atoms with Crippen molar-refractivity contribution < 1.29 is 9.59 Å². The molecule has 6 nitrogen and oxygen atoms in total. The quantitative estimate of drug-likeness (QED) is 0.676. The van der Waals surface area contributed by atoms with Crippen LogP contribution in [0.15, 0.2) is 12.3 Å². The second kappa shape index (κ2) is 7.84. The fraction of sp³-hybridized carbons (Fsp3) is 0.550. The van der Waals surface area contributed by atoms with E-state index in [1.807, 2.05) is 13.0 Å². The molecule has 0 aromatic carbocycles. The van der Waals surface area contributed by atoms with E-state index < -0.39 is 0 Å². The number of carbonyl (C=O) groups excluding carboxylic acids is 2. The maximum absolute atomic E-state index is 13.0. The minimum absolute atomic E-state index is 0.0227. The Hall–Kier alpha value is -2.15. The van der Waals surface area contributed by atoms with Crippen LogP contribution in [0.4, 0.5) is 5.00 Å². The summed E-state index contributed by atoms with van der Waals surface area (Å²) in [6.07, 6.45) is 8.36. The third-order valence-electron chi connectivity index (χ3n) is 5.38. The normalized spacial score (nSPS) is 18.8. The molecule has 2 aliphatic rings. The third kappa shape index (κ3) is 3.93. The predicted molar refractivity (Wildman–Crippen MR) is 106 cm³/mol. The maximum Gasteiger partial charge on any atom is 0.254 e. The fourth-order valence-corrected chi connectivity index (χ4v) is 5.19. The number of nitrogens with zero attached hydrogens (tertiary/aromatic N) is 1. The molecule has 0 aliphatic heterocycles. The lowest BCUT2D eigenvalue weighted by Gasteiger charge is -2.21. The van der Waals surface area contributed by atoms with Gasteiger partial charge in [-0.2, -0.15) is 5.10 Å². The first-order valence-corrected chi connectivity index (χ1v) is 10.7. The van der Waals surface area contributed by atoms with Gasteiger partial charge in [-0.25, -0.2) is 0 Å². The summed E-state index contributed by atoms with van der Waals surface area (Å²) >= 11 is 1.56. The fourth-order valence-electron chi connectivity index (χ4n) is 3.78. The summed E-state index contributed by atoms with van der Waals surface area (Å²) in [5.41, 5.74) is 2.86. The highest BCUT2D eigenvalue weighted by molar-refractivity contribution is 7.17. The molecular formula is C20H26N4O2S. The molecule has 4 rings (SSSR count). The zero-order valence-electron chi connectivity index (χ0n) is 15.6. The number of hydrogen-bond acceptors (Lipinski definition) is 4. The Bertz CT molecular complexity index is 823. The van der Waals surface area contributed by atoms with Crippen LogP contribution in [0.5, 0.6) is 0 Å². The Morgan fingerprint density at radius 1 is 1.33 bits per heavy atom. The minimum Gasteiger partial charge on any atom is -0.352 e. The highest BCUT2D eigenvalue weighted by Crippen LogP contribution is 2.45. The van der Waals surface area contributed by atoms with Crippen LogP contribution in [0.2, 0.25) is 0 Å². The summed E-state index contributed by atoms with van der Waals surface area (Å²) in [5.74, 6) is 0.772. The Morgan fingerprint density at radius 2 is 2.19 bits per heavy atom. The van der Waals surface area contributed by atoms with Gasteiger partial charge in [0.05, 0.1) is 5.56 Å². The molecule has 2 aliphatic carbocycles. The van der Waals surface area contributed by atoms with Gasteiger partial charge in [0.15, 0.2) is 0 Å². The van der Waals surface area contributed by atoms with Gasteiger partial charge < -0.3 is 10.6 Å². The van der Waals surface area contributed by atoms with E-state index in [0.717, 1.165) is 43.5 Å². The number of anilines is 1. The van der Waals surface area contributed by atoms with Crippen molar-refractivity contribution in [3.63, 3.8) is 0 Å². The Labute approximate surface area is 163 Å². The highest BCUT2D eigenvalue weighted by Gasteiger charge is 2.33. The molecule has 3 N–H and O–H groups in total. The Balaban J connectivity index is 1.67. The van der Waals surface area contributed by atoms with Gasteiger partial charge in [0.2, 0.25) is 5.91 Å². The lowest BCUT2D eigenvalue weighted by molar-refractivity contribution is -0.116. The van der Waals surface area contributed by atoms with Gasteiger partial charge in [-0.05, 0) is 56.1 Å². The van der Waals surface area contributed by atoms with Crippen LogP contribution in [0.3, 0.4) is 0 Å². The molecule has 0 spiro atoms. The molecule has 0 bridgehead atoms. The van der Waals surface area contributed by atoms with Crippen molar-refractivity contribution in [1.29, 1.82) is 0 Å². The van der Waals surface area contributed by atoms with Crippen LogP contribution in [0.25, 0.3) is 0 Å². The molecule has 7 heteroatoms. The topological polar surface area (TPSA) is 86.9 Å². The molecule has 1 unspecified atom stereocenters. The maximum atomic E-state index is 13.0. The molecule has 0 saturated heterocycles. The van der Waals surface area contributed by atoms with Crippen LogP contribution in [0.1, 0.15) is 77.9 Å². The lowest BCUT2D eigenvalue weighted by Crippen LogP contribution is -2.27. The van der Waals surface area contributed by atoms with E-state index in [4.69, 9.17) is 0 Å². The molecule has 0 radical (unpaired) electrons. The number of rotatable bonds is 7. The van der Waals surface area contributed by atoms with Crippen LogP contribution in [-0.4, -0.2) is 28.6 Å². The Morgan fingerprint density at radius 3 is 2.89 bits per heavy atom. The molecular weight excluding hydrogens is 360 g/mol. The number of aromatic amines is 1. The van der Waals surface area contributed by atoms with Gasteiger partial charge in [-0.3, -0.25) is 14.7 Å². The number of aromatic nitrogens is 2. The van der Waals surface area contributed by atoms with E-state index in [9.17, 15) is 9.59 Å². The van der Waals surface area contributed by atoms with Crippen molar-refractivity contribution >= 4 is 28.2 Å². The largest absolute Gasteiger partial charge is 0.352 e. The van der Waals surface area contributed by atoms with Crippen molar-refractivity contribution in [3.8, 4) is 0 Å². The van der Waals surface area contributed by atoms with Crippen LogP contribution >= 0.6 is 11.3 Å². The Kier molecular flexibility index (Phi) is 5.29. The zero-order valence-corrected chi connectivity index (χ0v) is 16.5. The number of nitrogens with one attached hydrogen (secondary N) is 3. The number of H-pyrrole nitrogens is 1. The van der Waals surface area contributed by atoms with E-state index in [0.29, 0.717) is 22.9 Å². The van der Waals surface area contributed by atoms with E-state index in [-0.39, 0.29) is 17.7 Å². The zero-order chi connectivity index (χ0) is 18.8. The molecule has 27 heavy (non-hydrogen) atoms. The number of fused-ring (bicyclic) bond motifs is 1. The summed E-state index contributed by atoms with van der Waals surface area (Å²) in [6, 6.07) is 2.00. The molecule has 2 amide bonds. The van der Waals surface area contributed by atoms with Gasteiger partial charge in [0.1, 0.15) is 5.00 Å². The first-order valence-electron chi connectivity index (χ1n) is 9.90. The van der Waals surface area contributed by atoms with Gasteiger partial charge in [-0.1, -0.05) is 6.92 Å². The summed E-state index contributed by atoms with van der Waals surface area (Å²) in [5, 5.41) is 14.0. The van der Waals surface area contributed by atoms with Gasteiger partial charge in [0, 0.05) is 35.7 Å². The number of thiophene rings is 1. The first kappa shape index (κ1) is 18.2. The standard InChI is InChI=1S/C20H26N4O2S/c1-2-4-16(25)23-20-17(19(26)21-11-12-7-8-12)14-6-3-5-13(18(14)27-20)15-9-10-22-24-15/h9-10,12-13H,2-8,11H2,1H3,(H,21,26)(H,22,24)(H,23,25). The molecule has 1 saturated carbocycles. The molecule has 2 aromatic heterocycles. The molecule has 2 aromatic rings. The summed E-state index contributed by atoms with van der Waals surface area (Å²) in [7, 11) is 0. The summed E-state index contributed by atoms with van der Waals surface area (Å²) in [6.45, 7) is 2.71. The smallest absolute Gasteiger partial charge is 0.254 e. The average molecular weight is 387 g/mol.